The highest BCUT2D eigenvalue weighted by Crippen LogP contribution is 2.50. The molecule has 3 atom stereocenters. The average Bonchev–Trinajstić information content (AvgIpc) is 3.51. The van der Waals surface area contributed by atoms with Crippen LogP contribution in [-0.4, -0.2) is 54.0 Å². The summed E-state index contributed by atoms with van der Waals surface area (Å²) in [4.78, 5) is 40.0. The lowest BCUT2D eigenvalue weighted by Gasteiger charge is -2.24. The highest BCUT2D eigenvalue weighted by Gasteiger charge is 2.30. The van der Waals surface area contributed by atoms with Crippen LogP contribution in [-0.2, 0) is 16.0 Å². The van der Waals surface area contributed by atoms with Crippen LogP contribution >= 0.6 is 0 Å². The predicted molar refractivity (Wildman–Crippen MR) is 180 cm³/mol. The monoisotopic (exact) mass is 640 g/mol. The standard InChI is InChI=1S/C35H40N6O6/c1-7-20(2)32(35(44)39-23-9-8-10-24(16-23)41-18-36-37-19-41)40-28-14-12-25-26(17-29(28)43)27(38-21(3)42)13-11-22-15-30(45-4)33(46-5)34(47-6)31(22)25/h8-10,12,14-20,27,32H,7,11,13H2,1-6H3,(H,38,42)(H,39,44)(H,40,43)/t20-,27+,32+/m1/s1. The van der Waals surface area contributed by atoms with Gasteiger partial charge in [0.05, 0.1) is 38.7 Å². The number of hydrogen-bond acceptors (Lipinski definition) is 9. The fraction of sp³-hybridized carbons (Fsp3) is 0.343. The fourth-order valence-electron chi connectivity index (χ4n) is 5.99. The first-order valence-corrected chi connectivity index (χ1v) is 15.5. The van der Waals surface area contributed by atoms with Gasteiger partial charge in [-0.05, 0) is 71.8 Å². The van der Waals surface area contributed by atoms with E-state index in [4.69, 9.17) is 14.2 Å². The maximum atomic E-state index is 13.9. The Morgan fingerprint density at radius 2 is 1.74 bits per heavy atom. The number of rotatable bonds is 11. The van der Waals surface area contributed by atoms with Gasteiger partial charge in [0.2, 0.25) is 23.0 Å². The first-order valence-electron chi connectivity index (χ1n) is 15.5. The minimum atomic E-state index is -0.731. The zero-order valence-corrected chi connectivity index (χ0v) is 27.4. The van der Waals surface area contributed by atoms with Crippen LogP contribution in [0.3, 0.4) is 0 Å². The molecule has 0 unspecified atom stereocenters. The molecule has 0 saturated carbocycles. The van der Waals surface area contributed by atoms with Crippen LogP contribution in [0.2, 0.25) is 0 Å². The lowest BCUT2D eigenvalue weighted by atomic mass is 9.95. The van der Waals surface area contributed by atoms with Gasteiger partial charge in [0.1, 0.15) is 18.7 Å². The van der Waals surface area contributed by atoms with Crippen LogP contribution in [0.4, 0.5) is 11.4 Å². The maximum Gasteiger partial charge on any atom is 0.247 e. The third-order valence-electron chi connectivity index (χ3n) is 8.55. The summed E-state index contributed by atoms with van der Waals surface area (Å²) < 4.78 is 18.9. The maximum absolute atomic E-state index is 13.9. The van der Waals surface area contributed by atoms with Crippen LogP contribution < -0.4 is 35.6 Å². The molecule has 0 saturated heterocycles. The molecule has 1 aromatic heterocycles. The number of anilines is 2. The Balaban J connectivity index is 1.57. The van der Waals surface area contributed by atoms with E-state index in [1.165, 1.54) is 13.0 Å². The first-order chi connectivity index (χ1) is 22.7. The van der Waals surface area contributed by atoms with E-state index >= 15 is 0 Å². The molecule has 3 N–H and O–H groups in total. The van der Waals surface area contributed by atoms with Gasteiger partial charge in [-0.1, -0.05) is 32.4 Å². The Morgan fingerprint density at radius 3 is 2.40 bits per heavy atom. The largest absolute Gasteiger partial charge is 0.493 e. The molecule has 47 heavy (non-hydrogen) atoms. The fourth-order valence-corrected chi connectivity index (χ4v) is 5.99. The smallest absolute Gasteiger partial charge is 0.247 e. The van der Waals surface area contributed by atoms with Crippen molar-refractivity contribution in [3.63, 3.8) is 0 Å². The highest BCUT2D eigenvalue weighted by molar-refractivity contribution is 5.97. The molecular formula is C35H40N6O6. The Labute approximate surface area is 273 Å². The molecule has 12 nitrogen and oxygen atoms in total. The van der Waals surface area contributed by atoms with Crippen molar-refractivity contribution in [1.82, 2.24) is 20.1 Å². The molecule has 0 radical (unpaired) electrons. The van der Waals surface area contributed by atoms with Gasteiger partial charge in [-0.15, -0.1) is 10.2 Å². The number of fused-ring (bicyclic) bond motifs is 3. The zero-order chi connectivity index (χ0) is 33.7. The number of nitrogens with one attached hydrogen (secondary N) is 3. The van der Waals surface area contributed by atoms with Gasteiger partial charge >= 0.3 is 0 Å². The number of amides is 2. The van der Waals surface area contributed by atoms with Gasteiger partial charge in [-0.3, -0.25) is 19.0 Å². The molecule has 246 valence electrons. The molecule has 0 bridgehead atoms. The third kappa shape index (κ3) is 6.91. The summed E-state index contributed by atoms with van der Waals surface area (Å²) in [5, 5.41) is 17.0. The Kier molecular flexibility index (Phi) is 10.1. The van der Waals surface area contributed by atoms with Gasteiger partial charge in [0, 0.05) is 18.2 Å². The predicted octanol–water partition coefficient (Wildman–Crippen LogP) is 4.91. The van der Waals surface area contributed by atoms with E-state index in [1.54, 1.807) is 50.7 Å². The summed E-state index contributed by atoms with van der Waals surface area (Å²) in [5.41, 5.74) is 4.33. The molecule has 4 aromatic rings. The van der Waals surface area contributed by atoms with Crippen LogP contribution in [0.1, 0.15) is 50.8 Å². The molecule has 0 fully saturated rings. The number of carbonyl (C=O) groups excluding carboxylic acids is 2. The summed E-state index contributed by atoms with van der Waals surface area (Å²) in [7, 11) is 4.66. The summed E-state index contributed by atoms with van der Waals surface area (Å²) in [6.45, 7) is 5.41. The van der Waals surface area contributed by atoms with Crippen molar-refractivity contribution >= 4 is 23.2 Å². The Bertz CT molecular complexity index is 1830. The topological polar surface area (TPSA) is 146 Å². The number of aryl methyl sites for hydroxylation is 1. The highest BCUT2D eigenvalue weighted by atomic mass is 16.5. The quantitative estimate of drug-likeness (QED) is 0.208. The average molecular weight is 641 g/mol. The van der Waals surface area contributed by atoms with Crippen molar-refractivity contribution < 1.29 is 23.8 Å². The summed E-state index contributed by atoms with van der Waals surface area (Å²) in [6.07, 6.45) is 4.97. The molecule has 12 heteroatoms. The van der Waals surface area contributed by atoms with Crippen molar-refractivity contribution in [1.29, 1.82) is 0 Å². The molecule has 5 rings (SSSR count). The van der Waals surface area contributed by atoms with Crippen LogP contribution in [0, 0.1) is 5.92 Å². The summed E-state index contributed by atoms with van der Waals surface area (Å²) in [6, 6.07) is 13.1. The molecular weight excluding hydrogens is 600 g/mol. The number of ether oxygens (including phenoxy) is 3. The van der Waals surface area contributed by atoms with Crippen molar-refractivity contribution in [3.8, 4) is 34.1 Å². The van der Waals surface area contributed by atoms with E-state index in [-0.39, 0.29) is 28.8 Å². The molecule has 0 aliphatic heterocycles. The van der Waals surface area contributed by atoms with Gasteiger partial charge in [-0.2, -0.15) is 0 Å². The minimum absolute atomic E-state index is 0.122. The minimum Gasteiger partial charge on any atom is -0.493 e. The third-order valence-corrected chi connectivity index (χ3v) is 8.55. The van der Waals surface area contributed by atoms with E-state index in [0.717, 1.165) is 16.8 Å². The number of methoxy groups -OCH3 is 3. The van der Waals surface area contributed by atoms with Gasteiger partial charge in [-0.25, -0.2) is 0 Å². The van der Waals surface area contributed by atoms with Crippen molar-refractivity contribution in [2.45, 2.75) is 52.1 Å². The van der Waals surface area contributed by atoms with Gasteiger partial charge < -0.3 is 30.2 Å². The van der Waals surface area contributed by atoms with E-state index in [2.05, 4.69) is 26.1 Å². The second-order valence-electron chi connectivity index (χ2n) is 11.5. The second kappa shape index (κ2) is 14.4. The van der Waals surface area contributed by atoms with E-state index in [9.17, 15) is 14.4 Å². The Hall–Kier alpha value is -5.39. The molecule has 3 aromatic carbocycles. The normalized spacial score (nSPS) is 14.8. The molecule has 1 aliphatic carbocycles. The molecule has 2 amide bonds. The van der Waals surface area contributed by atoms with Crippen LogP contribution in [0.15, 0.2) is 66.0 Å². The van der Waals surface area contributed by atoms with Crippen molar-refractivity contribution in [2.24, 2.45) is 5.92 Å². The van der Waals surface area contributed by atoms with E-state index in [0.29, 0.717) is 53.3 Å². The van der Waals surface area contributed by atoms with Gasteiger partial charge in [0.15, 0.2) is 11.5 Å². The van der Waals surface area contributed by atoms with Crippen LogP contribution in [0.5, 0.6) is 17.2 Å². The first kappa shape index (κ1) is 33.0. The zero-order valence-electron chi connectivity index (χ0n) is 27.4. The van der Waals surface area contributed by atoms with Crippen molar-refractivity contribution in [3.05, 3.63) is 82.5 Å². The van der Waals surface area contributed by atoms with E-state index in [1.807, 2.05) is 44.2 Å². The number of aromatic nitrogens is 3. The number of carbonyl (C=O) groups is 2. The number of nitrogens with zero attached hydrogens (tertiary/aromatic N) is 3. The van der Waals surface area contributed by atoms with Crippen molar-refractivity contribution in [2.75, 3.05) is 32.0 Å². The summed E-state index contributed by atoms with van der Waals surface area (Å²) in [5.74, 6) is 0.783. The van der Waals surface area contributed by atoms with E-state index < -0.39 is 12.1 Å². The molecule has 0 spiro atoms. The number of benzene rings is 2. The lowest BCUT2D eigenvalue weighted by molar-refractivity contribution is -0.120. The molecule has 1 aliphatic rings. The van der Waals surface area contributed by atoms with Gasteiger partial charge in [0.25, 0.3) is 0 Å². The molecule has 1 heterocycles. The van der Waals surface area contributed by atoms with Crippen LogP contribution in [0.25, 0.3) is 16.8 Å². The Morgan fingerprint density at radius 1 is 1.00 bits per heavy atom. The lowest BCUT2D eigenvalue weighted by Crippen LogP contribution is -2.40. The second-order valence-corrected chi connectivity index (χ2v) is 11.5. The SMILES string of the molecule is CC[C@@H](C)[C@H](Nc1ccc2c(cc1=O)[C@@H](NC(C)=O)CCc1cc(OC)c(OC)c(OC)c1-2)C(=O)Nc1cccc(-n2cnnc2)c1. The number of hydrogen-bond donors (Lipinski definition) is 3. The summed E-state index contributed by atoms with van der Waals surface area (Å²) >= 11 is 0.